The molecule has 180 valence electrons. The third-order valence-corrected chi connectivity index (χ3v) is 6.46. The quantitative estimate of drug-likeness (QED) is 0.417. The molecule has 8 nitrogen and oxygen atoms in total. The lowest BCUT2D eigenvalue weighted by atomic mass is 10.0. The summed E-state index contributed by atoms with van der Waals surface area (Å²) in [5, 5.41) is 4.75. The van der Waals surface area contributed by atoms with Gasteiger partial charge in [-0.05, 0) is 55.0 Å². The summed E-state index contributed by atoms with van der Waals surface area (Å²) in [6.45, 7) is 5.60. The summed E-state index contributed by atoms with van der Waals surface area (Å²) < 4.78 is 16.0. The number of carbonyl (C=O) groups excluding carboxylic acids is 1. The first-order valence-corrected chi connectivity index (χ1v) is 11.6. The largest absolute Gasteiger partial charge is 0.497 e. The highest BCUT2D eigenvalue weighted by atomic mass is 16.5. The van der Waals surface area contributed by atoms with Gasteiger partial charge in [0.15, 0.2) is 0 Å². The van der Waals surface area contributed by atoms with Crippen LogP contribution >= 0.6 is 0 Å². The molecule has 3 heterocycles. The molecule has 1 amide bonds. The molecule has 1 fully saturated rings. The first-order chi connectivity index (χ1) is 17.1. The molecular weight excluding hydrogens is 444 g/mol. The molecule has 0 unspecified atom stereocenters. The molecule has 2 aromatic carbocycles. The van der Waals surface area contributed by atoms with Crippen molar-refractivity contribution in [2.45, 2.75) is 13.5 Å². The zero-order valence-corrected chi connectivity index (χ0v) is 20.2. The predicted molar refractivity (Wildman–Crippen MR) is 133 cm³/mol. The van der Waals surface area contributed by atoms with Crippen LogP contribution in [-0.2, 0) is 6.54 Å². The summed E-state index contributed by atoms with van der Waals surface area (Å²) in [7, 11) is 3.30. The standard InChI is InChI=1S/C27H28N4O4/c1-18-25-23(16-24(28-26(25)35-29-18)20-6-10-22(34-3)11-7-20)27(32)31-14-12-30(13-15-31)17-19-4-8-21(33-2)9-5-19/h4-11,16H,12-15,17H2,1-3H3. The Morgan fingerprint density at radius 3 is 2.20 bits per heavy atom. The van der Waals surface area contributed by atoms with Crippen molar-refractivity contribution in [1.29, 1.82) is 0 Å². The number of amides is 1. The van der Waals surface area contributed by atoms with Crippen molar-refractivity contribution in [3.63, 3.8) is 0 Å². The molecule has 0 bridgehead atoms. The van der Waals surface area contributed by atoms with E-state index in [0.717, 1.165) is 36.7 Å². The second-order valence-corrected chi connectivity index (χ2v) is 8.65. The van der Waals surface area contributed by atoms with Crippen molar-refractivity contribution < 1.29 is 18.8 Å². The van der Waals surface area contributed by atoms with Crippen molar-refractivity contribution in [2.75, 3.05) is 40.4 Å². The Labute approximate surface area is 204 Å². The van der Waals surface area contributed by atoms with Crippen LogP contribution in [0.5, 0.6) is 11.5 Å². The number of aromatic nitrogens is 2. The topological polar surface area (TPSA) is 80.9 Å². The Kier molecular flexibility index (Phi) is 6.37. The minimum Gasteiger partial charge on any atom is -0.497 e. The van der Waals surface area contributed by atoms with Gasteiger partial charge in [0.05, 0.1) is 36.6 Å². The number of aryl methyl sites for hydroxylation is 1. The summed E-state index contributed by atoms with van der Waals surface area (Å²) in [4.78, 5) is 22.6. The highest BCUT2D eigenvalue weighted by Gasteiger charge is 2.26. The van der Waals surface area contributed by atoms with Gasteiger partial charge >= 0.3 is 0 Å². The minimum absolute atomic E-state index is 0.0254. The molecule has 5 rings (SSSR count). The number of nitrogens with zero attached hydrogens (tertiary/aromatic N) is 4. The maximum Gasteiger partial charge on any atom is 0.259 e. The molecule has 0 spiro atoms. The van der Waals surface area contributed by atoms with E-state index in [4.69, 9.17) is 14.0 Å². The van der Waals surface area contributed by atoms with E-state index in [9.17, 15) is 4.79 Å². The van der Waals surface area contributed by atoms with Crippen molar-refractivity contribution >= 4 is 17.0 Å². The summed E-state index contributed by atoms with van der Waals surface area (Å²) in [6, 6.07) is 17.5. The number of carbonyl (C=O) groups is 1. The van der Waals surface area contributed by atoms with Gasteiger partial charge in [0, 0.05) is 38.3 Å². The average Bonchev–Trinajstić information content (AvgIpc) is 3.29. The Morgan fingerprint density at radius 1 is 0.943 bits per heavy atom. The molecule has 35 heavy (non-hydrogen) atoms. The molecule has 0 aliphatic carbocycles. The highest BCUT2D eigenvalue weighted by Crippen LogP contribution is 2.29. The molecule has 1 aliphatic rings. The summed E-state index contributed by atoms with van der Waals surface area (Å²) in [6.07, 6.45) is 0. The summed E-state index contributed by atoms with van der Waals surface area (Å²) in [5.74, 6) is 1.59. The maximum atomic E-state index is 13.7. The van der Waals surface area contributed by atoms with E-state index in [1.54, 1.807) is 14.2 Å². The van der Waals surface area contributed by atoms with Crippen LogP contribution in [0, 0.1) is 6.92 Å². The van der Waals surface area contributed by atoms with E-state index in [1.165, 1.54) is 5.56 Å². The van der Waals surface area contributed by atoms with Crippen LogP contribution in [-0.4, -0.2) is 66.2 Å². The zero-order valence-electron chi connectivity index (χ0n) is 20.2. The van der Waals surface area contributed by atoms with Crippen LogP contribution < -0.4 is 9.47 Å². The average molecular weight is 473 g/mol. The van der Waals surface area contributed by atoms with E-state index < -0.39 is 0 Å². The number of methoxy groups -OCH3 is 2. The molecular formula is C27H28N4O4. The third-order valence-electron chi connectivity index (χ3n) is 6.46. The Morgan fingerprint density at radius 2 is 1.57 bits per heavy atom. The van der Waals surface area contributed by atoms with Gasteiger partial charge in [-0.2, -0.15) is 0 Å². The maximum absolute atomic E-state index is 13.7. The lowest BCUT2D eigenvalue weighted by Crippen LogP contribution is -2.48. The van der Waals surface area contributed by atoms with Gasteiger partial charge < -0.3 is 18.9 Å². The van der Waals surface area contributed by atoms with Crippen LogP contribution in [0.25, 0.3) is 22.4 Å². The van der Waals surface area contributed by atoms with Gasteiger partial charge in [0.2, 0.25) is 0 Å². The number of fused-ring (bicyclic) bond motifs is 1. The van der Waals surface area contributed by atoms with E-state index in [1.807, 2.05) is 54.3 Å². The first kappa shape index (κ1) is 22.9. The Bertz CT molecular complexity index is 1320. The third kappa shape index (κ3) is 4.70. The van der Waals surface area contributed by atoms with E-state index in [0.29, 0.717) is 41.1 Å². The predicted octanol–water partition coefficient (Wildman–Crippen LogP) is 4.17. The van der Waals surface area contributed by atoms with Crippen LogP contribution in [0.1, 0.15) is 21.6 Å². The van der Waals surface area contributed by atoms with Crippen molar-refractivity contribution in [2.24, 2.45) is 0 Å². The SMILES string of the molecule is COc1ccc(CN2CCN(C(=O)c3cc(-c4ccc(OC)cc4)nc4onc(C)c34)CC2)cc1. The number of ether oxygens (including phenoxy) is 2. The van der Waals surface area contributed by atoms with Gasteiger partial charge in [0.1, 0.15) is 11.5 Å². The Hall–Kier alpha value is -3.91. The summed E-state index contributed by atoms with van der Waals surface area (Å²) in [5.41, 5.74) is 4.37. The van der Waals surface area contributed by atoms with E-state index >= 15 is 0 Å². The number of hydrogen-bond donors (Lipinski definition) is 0. The van der Waals surface area contributed by atoms with E-state index in [-0.39, 0.29) is 5.91 Å². The fourth-order valence-electron chi connectivity index (χ4n) is 4.44. The smallest absolute Gasteiger partial charge is 0.259 e. The highest BCUT2D eigenvalue weighted by molar-refractivity contribution is 6.07. The van der Waals surface area contributed by atoms with Gasteiger partial charge in [-0.3, -0.25) is 9.69 Å². The fourth-order valence-corrected chi connectivity index (χ4v) is 4.44. The molecule has 4 aromatic rings. The van der Waals surface area contributed by atoms with Crippen molar-refractivity contribution in [3.05, 3.63) is 71.4 Å². The van der Waals surface area contributed by atoms with Crippen LogP contribution in [0.2, 0.25) is 0 Å². The molecule has 0 radical (unpaired) electrons. The van der Waals surface area contributed by atoms with Gasteiger partial charge in [-0.15, -0.1) is 0 Å². The number of benzene rings is 2. The second kappa shape index (κ2) is 9.76. The second-order valence-electron chi connectivity index (χ2n) is 8.65. The Balaban J connectivity index is 1.35. The van der Waals surface area contributed by atoms with Crippen molar-refractivity contribution in [3.8, 4) is 22.8 Å². The van der Waals surface area contributed by atoms with Gasteiger partial charge in [0.25, 0.3) is 11.6 Å². The lowest BCUT2D eigenvalue weighted by Gasteiger charge is -2.35. The van der Waals surface area contributed by atoms with Crippen LogP contribution in [0.3, 0.4) is 0 Å². The minimum atomic E-state index is -0.0254. The van der Waals surface area contributed by atoms with Gasteiger partial charge in [-0.25, -0.2) is 4.98 Å². The fraction of sp³-hybridized carbons (Fsp3) is 0.296. The van der Waals surface area contributed by atoms with Crippen LogP contribution in [0.15, 0.2) is 59.1 Å². The van der Waals surface area contributed by atoms with Crippen LogP contribution in [0.4, 0.5) is 0 Å². The first-order valence-electron chi connectivity index (χ1n) is 11.6. The molecule has 1 saturated heterocycles. The number of piperazine rings is 1. The molecule has 1 aliphatic heterocycles. The molecule has 0 N–H and O–H groups in total. The molecule has 2 aromatic heterocycles. The monoisotopic (exact) mass is 472 g/mol. The number of rotatable bonds is 6. The number of pyridine rings is 1. The molecule has 0 atom stereocenters. The zero-order chi connectivity index (χ0) is 24.4. The number of hydrogen-bond acceptors (Lipinski definition) is 7. The molecule has 0 saturated carbocycles. The van der Waals surface area contributed by atoms with Crippen molar-refractivity contribution in [1.82, 2.24) is 19.9 Å². The normalized spacial score (nSPS) is 14.3. The summed E-state index contributed by atoms with van der Waals surface area (Å²) >= 11 is 0. The molecule has 8 heteroatoms. The van der Waals surface area contributed by atoms with E-state index in [2.05, 4.69) is 27.2 Å². The van der Waals surface area contributed by atoms with Gasteiger partial charge in [-0.1, -0.05) is 17.3 Å². The lowest BCUT2D eigenvalue weighted by molar-refractivity contribution is 0.0630.